The Kier molecular flexibility index (Phi) is 7.07. The first-order chi connectivity index (χ1) is 15.1. The molecule has 0 heterocycles. The normalized spacial score (nSPS) is 23.5. The fraction of sp³-hybridized carbons (Fsp3) is 0.355. The summed E-state index contributed by atoms with van der Waals surface area (Å²) in [6, 6.07) is 0. The van der Waals surface area contributed by atoms with Crippen LogP contribution in [0.4, 0.5) is 0 Å². The van der Waals surface area contributed by atoms with Crippen LogP contribution in [0.2, 0.25) is 0 Å². The fourth-order valence-corrected chi connectivity index (χ4v) is 4.92. The summed E-state index contributed by atoms with van der Waals surface area (Å²) in [7, 11) is 0. The Hall–Kier alpha value is -2.60. The van der Waals surface area contributed by atoms with Crippen molar-refractivity contribution in [1.29, 1.82) is 0 Å². The van der Waals surface area contributed by atoms with E-state index in [-0.39, 0.29) is 0 Å². The standard InChI is InChI=1S/C31H36/c1-4-5-6-7-8-11-25-16-17-27-20-26(21-30(27)19-25)15-14-23(2)29-18-24(3)31-13-10-9-12-28(31)22-29/h9-10,12-13,16-22,30-31H,2-8,11,14-15H2,1H3. The Morgan fingerprint density at radius 1 is 0.839 bits per heavy atom. The van der Waals surface area contributed by atoms with Gasteiger partial charge < -0.3 is 0 Å². The van der Waals surface area contributed by atoms with Gasteiger partial charge in [0, 0.05) is 11.8 Å². The number of rotatable bonds is 10. The predicted octanol–water partition coefficient (Wildman–Crippen LogP) is 8.83. The average Bonchev–Trinajstić information content (AvgIpc) is 3.19. The van der Waals surface area contributed by atoms with Crippen molar-refractivity contribution in [2.75, 3.05) is 0 Å². The lowest BCUT2D eigenvalue weighted by atomic mass is 9.80. The second kappa shape index (κ2) is 10.1. The Labute approximate surface area is 189 Å². The van der Waals surface area contributed by atoms with Crippen LogP contribution >= 0.6 is 0 Å². The van der Waals surface area contributed by atoms with Gasteiger partial charge in [0.25, 0.3) is 0 Å². The minimum atomic E-state index is 0.339. The molecule has 160 valence electrons. The molecule has 0 spiro atoms. The zero-order valence-electron chi connectivity index (χ0n) is 19.1. The smallest absolute Gasteiger partial charge is 0.0267 e. The van der Waals surface area contributed by atoms with Gasteiger partial charge >= 0.3 is 0 Å². The first-order valence-electron chi connectivity index (χ1n) is 12.1. The summed E-state index contributed by atoms with van der Waals surface area (Å²) in [6.45, 7) is 11.0. The number of allylic oxidation sites excluding steroid dienone is 18. The first kappa shape index (κ1) is 21.6. The van der Waals surface area contributed by atoms with Crippen molar-refractivity contribution in [3.63, 3.8) is 0 Å². The molecule has 0 aromatic carbocycles. The third-order valence-corrected chi connectivity index (χ3v) is 6.83. The second-order valence-corrected chi connectivity index (χ2v) is 9.30. The van der Waals surface area contributed by atoms with E-state index in [2.05, 4.69) is 86.9 Å². The second-order valence-electron chi connectivity index (χ2n) is 9.30. The maximum Gasteiger partial charge on any atom is 0.0267 e. The topological polar surface area (TPSA) is 0 Å². The van der Waals surface area contributed by atoms with Crippen molar-refractivity contribution in [3.8, 4) is 0 Å². The SMILES string of the molecule is C=C(CCC1=CC2C=C(CCCCCCC)C=CC2=C1)C1=CC(=C)C2C=CC=CC2=C1. The largest absolute Gasteiger partial charge is 0.0952 e. The molecule has 0 saturated heterocycles. The summed E-state index contributed by atoms with van der Waals surface area (Å²) in [6.07, 6.45) is 35.2. The van der Waals surface area contributed by atoms with Gasteiger partial charge in [0.2, 0.25) is 0 Å². The van der Waals surface area contributed by atoms with Crippen molar-refractivity contribution >= 4 is 0 Å². The zero-order valence-corrected chi connectivity index (χ0v) is 19.1. The van der Waals surface area contributed by atoms with Gasteiger partial charge in [0.05, 0.1) is 0 Å². The number of unbranched alkanes of at least 4 members (excludes halogenated alkanes) is 4. The lowest BCUT2D eigenvalue weighted by molar-refractivity contribution is 0.632. The van der Waals surface area contributed by atoms with E-state index >= 15 is 0 Å². The Bertz CT molecular complexity index is 977. The van der Waals surface area contributed by atoms with Crippen molar-refractivity contribution in [3.05, 3.63) is 119 Å². The van der Waals surface area contributed by atoms with Gasteiger partial charge in [-0.25, -0.2) is 0 Å². The van der Waals surface area contributed by atoms with Gasteiger partial charge in [-0.1, -0.05) is 124 Å². The van der Waals surface area contributed by atoms with Crippen LogP contribution in [0.3, 0.4) is 0 Å². The molecule has 0 saturated carbocycles. The molecule has 0 nitrogen and oxygen atoms in total. The van der Waals surface area contributed by atoms with Gasteiger partial charge in [0.1, 0.15) is 0 Å². The number of fused-ring (bicyclic) bond motifs is 2. The van der Waals surface area contributed by atoms with Crippen molar-refractivity contribution in [2.45, 2.75) is 58.3 Å². The van der Waals surface area contributed by atoms with Crippen LogP contribution in [0.1, 0.15) is 58.3 Å². The van der Waals surface area contributed by atoms with E-state index in [9.17, 15) is 0 Å². The van der Waals surface area contributed by atoms with Gasteiger partial charge in [-0.05, 0) is 53.5 Å². The van der Waals surface area contributed by atoms with Crippen LogP contribution in [0.25, 0.3) is 0 Å². The number of hydrogen-bond acceptors (Lipinski definition) is 0. The first-order valence-corrected chi connectivity index (χ1v) is 12.1. The third kappa shape index (κ3) is 5.37. The molecule has 0 heteroatoms. The molecule has 0 amide bonds. The van der Waals surface area contributed by atoms with Gasteiger partial charge in [0.15, 0.2) is 0 Å². The van der Waals surface area contributed by atoms with Crippen molar-refractivity contribution in [1.82, 2.24) is 0 Å². The van der Waals surface area contributed by atoms with Gasteiger partial charge in [-0.2, -0.15) is 0 Å². The highest BCUT2D eigenvalue weighted by molar-refractivity contribution is 5.56. The van der Waals surface area contributed by atoms with Crippen molar-refractivity contribution < 1.29 is 0 Å². The van der Waals surface area contributed by atoms with Crippen molar-refractivity contribution in [2.24, 2.45) is 11.8 Å². The van der Waals surface area contributed by atoms with E-state index in [1.807, 2.05) is 0 Å². The van der Waals surface area contributed by atoms with Crippen LogP contribution in [-0.2, 0) is 0 Å². The van der Waals surface area contributed by atoms with Crippen LogP contribution in [0, 0.1) is 11.8 Å². The quantitative estimate of drug-likeness (QED) is 0.317. The summed E-state index contributed by atoms with van der Waals surface area (Å²) < 4.78 is 0. The molecule has 0 bridgehead atoms. The summed E-state index contributed by atoms with van der Waals surface area (Å²) in [5.74, 6) is 0.820. The summed E-state index contributed by atoms with van der Waals surface area (Å²) >= 11 is 0. The monoisotopic (exact) mass is 408 g/mol. The third-order valence-electron chi connectivity index (χ3n) is 6.83. The molecule has 0 fully saturated rings. The molecule has 0 aromatic rings. The van der Waals surface area contributed by atoms with Crippen LogP contribution in [-0.4, -0.2) is 0 Å². The highest BCUT2D eigenvalue weighted by atomic mass is 14.3. The summed E-state index contributed by atoms with van der Waals surface area (Å²) in [5, 5.41) is 0. The molecular formula is C31H36. The molecule has 2 atom stereocenters. The lowest BCUT2D eigenvalue weighted by Gasteiger charge is -2.24. The van der Waals surface area contributed by atoms with Gasteiger partial charge in [-0.3, -0.25) is 0 Å². The zero-order chi connectivity index (χ0) is 21.6. The van der Waals surface area contributed by atoms with E-state index in [0.29, 0.717) is 11.8 Å². The van der Waals surface area contributed by atoms with Crippen LogP contribution < -0.4 is 0 Å². The van der Waals surface area contributed by atoms with Crippen LogP contribution in [0.15, 0.2) is 119 Å². The highest BCUT2D eigenvalue weighted by Gasteiger charge is 2.21. The Balaban J connectivity index is 1.30. The average molecular weight is 409 g/mol. The number of hydrogen-bond donors (Lipinski definition) is 0. The molecule has 31 heavy (non-hydrogen) atoms. The van der Waals surface area contributed by atoms with E-state index < -0.39 is 0 Å². The van der Waals surface area contributed by atoms with Gasteiger partial charge in [-0.15, -0.1) is 0 Å². The lowest BCUT2D eigenvalue weighted by Crippen LogP contribution is -2.09. The Morgan fingerprint density at radius 3 is 2.55 bits per heavy atom. The minimum Gasteiger partial charge on any atom is -0.0952 e. The van der Waals surface area contributed by atoms with E-state index in [4.69, 9.17) is 0 Å². The van der Waals surface area contributed by atoms with E-state index in [0.717, 1.165) is 12.8 Å². The maximum absolute atomic E-state index is 4.40. The molecule has 0 aromatic heterocycles. The molecule has 0 N–H and O–H groups in total. The molecule has 4 rings (SSSR count). The molecule has 4 aliphatic carbocycles. The fourth-order valence-electron chi connectivity index (χ4n) is 4.92. The molecule has 2 unspecified atom stereocenters. The summed E-state index contributed by atoms with van der Waals surface area (Å²) in [4.78, 5) is 0. The molecule has 0 radical (unpaired) electrons. The molecule has 0 aliphatic heterocycles. The van der Waals surface area contributed by atoms with Crippen LogP contribution in [0.5, 0.6) is 0 Å². The predicted molar refractivity (Wildman–Crippen MR) is 136 cm³/mol. The molecular weight excluding hydrogens is 372 g/mol. The van der Waals surface area contributed by atoms with E-state index in [1.165, 1.54) is 77.5 Å². The molecule has 4 aliphatic rings. The Morgan fingerprint density at radius 2 is 1.68 bits per heavy atom. The minimum absolute atomic E-state index is 0.339. The van der Waals surface area contributed by atoms with E-state index in [1.54, 1.807) is 0 Å². The summed E-state index contributed by atoms with van der Waals surface area (Å²) in [5.41, 5.74) is 9.37. The highest BCUT2D eigenvalue weighted by Crippen LogP contribution is 2.37. The maximum atomic E-state index is 4.40.